The number of nitrogens with zero attached hydrogens (tertiary/aromatic N) is 1. The Kier molecular flexibility index (Phi) is 5.44. The lowest BCUT2D eigenvalue weighted by molar-refractivity contribution is -0.385. The number of rotatable bonds is 5. The van der Waals surface area contributed by atoms with Gasteiger partial charge in [0.1, 0.15) is 5.82 Å². The molecule has 1 amide bonds. The van der Waals surface area contributed by atoms with E-state index in [1.54, 1.807) is 0 Å². The van der Waals surface area contributed by atoms with E-state index in [1.165, 1.54) is 12.1 Å². The Hall–Kier alpha value is -2.28. The van der Waals surface area contributed by atoms with E-state index in [2.05, 4.69) is 5.32 Å². The zero-order valence-electron chi connectivity index (χ0n) is 12.6. The second kappa shape index (κ2) is 7.32. The number of halogens is 1. The van der Waals surface area contributed by atoms with Gasteiger partial charge in [0.2, 0.25) is 5.91 Å². The molecule has 0 spiro atoms. The largest absolute Gasteiger partial charge is 0.388 e. The average molecular weight is 322 g/mol. The third-order valence-electron chi connectivity index (χ3n) is 3.98. The molecule has 124 valence electrons. The summed E-state index contributed by atoms with van der Waals surface area (Å²) in [5.41, 5.74) is -1.13. The van der Waals surface area contributed by atoms with Crippen LogP contribution in [0.15, 0.2) is 24.3 Å². The van der Waals surface area contributed by atoms with Gasteiger partial charge in [0, 0.05) is 12.6 Å². The fourth-order valence-corrected chi connectivity index (χ4v) is 2.68. The average Bonchev–Trinajstić information content (AvgIpc) is 2.52. The van der Waals surface area contributed by atoms with Crippen molar-refractivity contribution in [3.63, 3.8) is 0 Å². The van der Waals surface area contributed by atoms with Crippen molar-refractivity contribution in [2.75, 3.05) is 6.54 Å². The van der Waals surface area contributed by atoms with E-state index in [0.29, 0.717) is 12.8 Å². The molecule has 0 heterocycles. The Morgan fingerprint density at radius 2 is 2.09 bits per heavy atom. The van der Waals surface area contributed by atoms with Crippen LogP contribution in [0.1, 0.15) is 37.7 Å². The van der Waals surface area contributed by atoms with Gasteiger partial charge in [-0.2, -0.15) is 0 Å². The maximum absolute atomic E-state index is 13.0. The van der Waals surface area contributed by atoms with Crippen molar-refractivity contribution in [1.29, 1.82) is 0 Å². The molecule has 1 saturated carbocycles. The molecule has 23 heavy (non-hydrogen) atoms. The van der Waals surface area contributed by atoms with Crippen molar-refractivity contribution in [2.45, 2.75) is 37.7 Å². The Morgan fingerprint density at radius 3 is 2.74 bits per heavy atom. The Labute approximate surface area is 133 Å². The van der Waals surface area contributed by atoms with Crippen molar-refractivity contribution in [3.05, 3.63) is 45.8 Å². The third-order valence-corrected chi connectivity index (χ3v) is 3.98. The van der Waals surface area contributed by atoms with Gasteiger partial charge in [-0.1, -0.05) is 19.3 Å². The number of nitrogens with one attached hydrogen (secondary N) is 1. The fraction of sp³-hybridized carbons (Fsp3) is 0.438. The Morgan fingerprint density at radius 1 is 1.39 bits per heavy atom. The molecule has 1 aliphatic carbocycles. The van der Waals surface area contributed by atoms with Gasteiger partial charge in [-0.3, -0.25) is 14.9 Å². The van der Waals surface area contributed by atoms with Crippen LogP contribution in [0.4, 0.5) is 10.1 Å². The fourth-order valence-electron chi connectivity index (χ4n) is 2.68. The molecule has 0 unspecified atom stereocenters. The topological polar surface area (TPSA) is 92.5 Å². The standard InChI is InChI=1S/C16H19FN2O4/c17-13-6-4-12(14(10-13)19(22)23)5-7-15(20)18-11-16(21)8-2-1-3-9-16/h4-7,10,21H,1-3,8-9,11H2,(H,18,20). The molecule has 0 aliphatic heterocycles. The summed E-state index contributed by atoms with van der Waals surface area (Å²) in [6, 6.07) is 3.14. The maximum atomic E-state index is 13.0. The molecule has 1 aromatic rings. The lowest BCUT2D eigenvalue weighted by Gasteiger charge is -2.31. The van der Waals surface area contributed by atoms with Gasteiger partial charge in [0.05, 0.1) is 22.2 Å². The number of amides is 1. The van der Waals surface area contributed by atoms with E-state index in [9.17, 15) is 24.4 Å². The molecule has 0 aromatic heterocycles. The molecule has 7 heteroatoms. The first-order chi connectivity index (χ1) is 10.9. The summed E-state index contributed by atoms with van der Waals surface area (Å²) < 4.78 is 13.0. The minimum absolute atomic E-state index is 0.142. The van der Waals surface area contributed by atoms with E-state index in [-0.39, 0.29) is 12.1 Å². The number of nitro benzene ring substituents is 1. The monoisotopic (exact) mass is 322 g/mol. The number of hydrogen-bond acceptors (Lipinski definition) is 4. The van der Waals surface area contributed by atoms with Gasteiger partial charge in [0.25, 0.3) is 5.69 Å². The van der Waals surface area contributed by atoms with E-state index >= 15 is 0 Å². The lowest BCUT2D eigenvalue weighted by atomic mass is 9.85. The highest BCUT2D eigenvalue weighted by atomic mass is 19.1. The molecule has 1 fully saturated rings. The van der Waals surface area contributed by atoms with Crippen LogP contribution in [0.2, 0.25) is 0 Å². The quantitative estimate of drug-likeness (QED) is 0.495. The van der Waals surface area contributed by atoms with E-state index < -0.39 is 27.9 Å². The second-order valence-electron chi connectivity index (χ2n) is 5.80. The smallest absolute Gasteiger partial charge is 0.279 e. The van der Waals surface area contributed by atoms with Gasteiger partial charge in [-0.25, -0.2) is 4.39 Å². The number of nitro groups is 1. The Bertz CT molecular complexity index is 625. The van der Waals surface area contributed by atoms with Crippen molar-refractivity contribution in [2.24, 2.45) is 0 Å². The molecule has 2 N–H and O–H groups in total. The van der Waals surface area contributed by atoms with E-state index in [4.69, 9.17) is 0 Å². The van der Waals surface area contributed by atoms with Crippen LogP contribution in [0.25, 0.3) is 6.08 Å². The zero-order chi connectivity index (χ0) is 16.9. The zero-order valence-corrected chi connectivity index (χ0v) is 12.6. The molecule has 0 bridgehead atoms. The first-order valence-corrected chi connectivity index (χ1v) is 7.52. The van der Waals surface area contributed by atoms with Gasteiger partial charge in [-0.15, -0.1) is 0 Å². The van der Waals surface area contributed by atoms with Crippen molar-refractivity contribution < 1.29 is 19.2 Å². The Balaban J connectivity index is 1.97. The highest BCUT2D eigenvalue weighted by molar-refractivity contribution is 5.92. The first-order valence-electron chi connectivity index (χ1n) is 7.52. The first kappa shape index (κ1) is 17.1. The summed E-state index contributed by atoms with van der Waals surface area (Å²) in [5, 5.41) is 23.8. The third kappa shape index (κ3) is 4.85. The summed E-state index contributed by atoms with van der Waals surface area (Å²) in [6.45, 7) is 0.154. The minimum atomic E-state index is -0.871. The SMILES string of the molecule is O=C(C=Cc1ccc(F)cc1[N+](=O)[O-])NCC1(O)CCCCC1. The molecular weight excluding hydrogens is 303 g/mol. The molecule has 6 nitrogen and oxygen atoms in total. The van der Waals surface area contributed by atoms with E-state index in [0.717, 1.165) is 37.5 Å². The number of aliphatic hydroxyl groups is 1. The van der Waals surface area contributed by atoms with Gasteiger partial charge >= 0.3 is 0 Å². The van der Waals surface area contributed by atoms with Crippen molar-refractivity contribution in [1.82, 2.24) is 5.32 Å². The number of hydrogen-bond donors (Lipinski definition) is 2. The normalized spacial score (nSPS) is 17.1. The van der Waals surface area contributed by atoms with Gasteiger partial charge in [0.15, 0.2) is 0 Å². The molecule has 1 aliphatic rings. The summed E-state index contributed by atoms with van der Waals surface area (Å²) in [6.07, 6.45) is 6.67. The van der Waals surface area contributed by atoms with Crippen molar-refractivity contribution in [3.8, 4) is 0 Å². The molecular formula is C16H19FN2O4. The van der Waals surface area contributed by atoms with Gasteiger partial charge < -0.3 is 10.4 Å². The highest BCUT2D eigenvalue weighted by Gasteiger charge is 2.29. The van der Waals surface area contributed by atoms with Crippen LogP contribution < -0.4 is 5.32 Å². The molecule has 2 rings (SSSR count). The predicted molar refractivity (Wildman–Crippen MR) is 83.1 cm³/mol. The van der Waals surface area contributed by atoms with Crippen LogP contribution in [-0.4, -0.2) is 28.1 Å². The summed E-state index contributed by atoms with van der Waals surface area (Å²) in [7, 11) is 0. The van der Waals surface area contributed by atoms with Gasteiger partial charge in [-0.05, 0) is 31.1 Å². The van der Waals surface area contributed by atoms with Crippen LogP contribution in [0.3, 0.4) is 0 Å². The van der Waals surface area contributed by atoms with Crippen LogP contribution in [0, 0.1) is 15.9 Å². The number of carbonyl (C=O) groups is 1. The summed E-state index contributed by atoms with van der Waals surface area (Å²) in [5.74, 6) is -1.17. The summed E-state index contributed by atoms with van der Waals surface area (Å²) in [4.78, 5) is 22.0. The molecule has 0 atom stereocenters. The van der Waals surface area contributed by atoms with Crippen LogP contribution in [-0.2, 0) is 4.79 Å². The summed E-state index contributed by atoms with van der Waals surface area (Å²) >= 11 is 0. The minimum Gasteiger partial charge on any atom is -0.388 e. The molecule has 0 radical (unpaired) electrons. The predicted octanol–water partition coefficient (Wildman–Crippen LogP) is 2.56. The van der Waals surface area contributed by atoms with Crippen LogP contribution in [0.5, 0.6) is 0 Å². The molecule has 1 aromatic carbocycles. The number of carbonyl (C=O) groups excluding carboxylic acids is 1. The number of benzene rings is 1. The maximum Gasteiger partial charge on any atom is 0.279 e. The highest BCUT2D eigenvalue weighted by Crippen LogP contribution is 2.27. The molecule has 0 saturated heterocycles. The second-order valence-corrected chi connectivity index (χ2v) is 5.80. The van der Waals surface area contributed by atoms with Crippen LogP contribution >= 0.6 is 0 Å². The van der Waals surface area contributed by atoms with E-state index in [1.807, 2.05) is 0 Å². The lowest BCUT2D eigenvalue weighted by Crippen LogP contribution is -2.43. The van der Waals surface area contributed by atoms with Crippen molar-refractivity contribution >= 4 is 17.7 Å².